The number of nitrogens with zero attached hydrogens (tertiary/aromatic N) is 4. The van der Waals surface area contributed by atoms with Gasteiger partial charge in [0.1, 0.15) is 47.5 Å². The number of nitrogens with one attached hydrogen (secondary N) is 2. The van der Waals surface area contributed by atoms with Crippen LogP contribution in [0.4, 0.5) is 28.4 Å². The van der Waals surface area contributed by atoms with Gasteiger partial charge in [0.25, 0.3) is 0 Å². The smallest absolute Gasteiger partial charge is 0.744 e. The molecule has 0 bridgehead atoms. The molecule has 0 unspecified atom stereocenters. The summed E-state index contributed by atoms with van der Waals surface area (Å²) in [4.78, 5) is 23.3. The largest absolute Gasteiger partial charge is 1.00 e. The number of anilines is 3. The maximum Gasteiger partial charge on any atom is 1.00 e. The number of rotatable bonds is 10. The Bertz CT molecular complexity index is 3110. The minimum absolute atomic E-state index is 0. The zero-order chi connectivity index (χ0) is 42.3. The number of carbonyl (C=O) groups is 2. The molecule has 62 heavy (non-hydrogen) atoms. The predicted molar refractivity (Wildman–Crippen MR) is 213 cm³/mol. The first-order valence-corrected chi connectivity index (χ1v) is 20.9. The maximum absolute atomic E-state index is 13.7. The van der Waals surface area contributed by atoms with Gasteiger partial charge in [-0.1, -0.05) is 54.6 Å². The molecular formula is C38H24N7Na3O11S3. The zero-order valence-corrected chi connectivity index (χ0v) is 41.1. The van der Waals surface area contributed by atoms with Gasteiger partial charge in [-0.25, -0.2) is 25.3 Å². The van der Waals surface area contributed by atoms with Crippen LogP contribution in [0.2, 0.25) is 0 Å². The minimum Gasteiger partial charge on any atom is -0.744 e. The van der Waals surface area contributed by atoms with Gasteiger partial charge in [0, 0.05) is 5.56 Å². The Balaban J connectivity index is 0.00000282. The Morgan fingerprint density at radius 1 is 0.581 bits per heavy atom. The van der Waals surface area contributed by atoms with Crippen molar-refractivity contribution in [2.75, 3.05) is 16.6 Å². The molecule has 18 nitrogen and oxygen atoms in total. The number of hydrazone groups is 2. The van der Waals surface area contributed by atoms with Crippen LogP contribution in [-0.2, 0) is 35.1 Å². The van der Waals surface area contributed by atoms with Crippen LogP contribution in [0.3, 0.4) is 0 Å². The van der Waals surface area contributed by atoms with Crippen LogP contribution in [0.1, 0.15) is 27.0 Å². The van der Waals surface area contributed by atoms with E-state index in [9.17, 15) is 48.5 Å². The van der Waals surface area contributed by atoms with Gasteiger partial charge < -0.3 is 19.4 Å². The molecule has 2 aliphatic rings. The standard InChI is InChI=1S/C38H27N7O11S3.3Na/c39-34-33-24(20-32(59(54,55)56)37(38(33)47)45-42-27-14-16-28(17-15-27)57(48,49)50)19-31(58(51,52)53)36(34)44-41-26-12-7-22(8-13-26)21-5-10-25(11-6-21)40-43-35-29-4-2-1-3-23(29)9-18-30(35)46;;;/h1-20,40,42H,39H2,(H,48,49,50)(H,51,52,53)(H,54,55,56);;;/q;3*+1/p-3/b43-35+,44-41?,45-37+;;;. The van der Waals surface area contributed by atoms with Crippen LogP contribution in [0.15, 0.2) is 144 Å². The molecular weight excluding hydrogens is 896 g/mol. The average Bonchev–Trinajstić information content (AvgIpc) is 3.19. The summed E-state index contributed by atoms with van der Waals surface area (Å²) in [6, 6.07) is 25.5. The molecule has 5 aromatic rings. The second kappa shape index (κ2) is 20.2. The number of benzene rings is 5. The molecule has 0 spiro atoms. The first-order valence-electron chi connectivity index (χ1n) is 16.7. The third-order valence-electron chi connectivity index (χ3n) is 8.79. The van der Waals surface area contributed by atoms with E-state index >= 15 is 0 Å². The van der Waals surface area contributed by atoms with Gasteiger partial charge in [0.15, 0.2) is 0 Å². The van der Waals surface area contributed by atoms with Gasteiger partial charge in [0.2, 0.25) is 11.6 Å². The van der Waals surface area contributed by atoms with E-state index < -0.39 is 79.0 Å². The number of nitrogens with two attached hydrogens (primary N) is 1. The molecule has 7 rings (SSSR count). The van der Waals surface area contributed by atoms with E-state index in [4.69, 9.17) is 5.73 Å². The fourth-order valence-corrected chi connectivity index (χ4v) is 7.71. The summed E-state index contributed by atoms with van der Waals surface area (Å²) in [5.41, 5.74) is 12.0. The SMILES string of the molecule is Nc1c(N=Nc2ccc(-c3ccc(N/N=C4/C(=O)C=Cc5ccccc54)cc3)cc2)c(S(=O)(=O)[O-])cc2c1C(=O)/C(=N/Nc1ccc(S(=O)(=O)[O-])cc1)C(S(=O)(=O)[O-])=C2.[Na+].[Na+].[Na+]. The third kappa shape index (κ3) is 11.2. The molecule has 4 N–H and O–H groups in total. The predicted octanol–water partition coefficient (Wildman–Crippen LogP) is -3.87. The van der Waals surface area contributed by atoms with Crippen molar-refractivity contribution < 1.29 is 137 Å². The van der Waals surface area contributed by atoms with E-state index in [-0.39, 0.29) is 112 Å². The van der Waals surface area contributed by atoms with Crippen LogP contribution in [0.5, 0.6) is 0 Å². The van der Waals surface area contributed by atoms with Crippen molar-refractivity contribution in [2.45, 2.75) is 9.79 Å². The van der Waals surface area contributed by atoms with Crippen LogP contribution in [0.25, 0.3) is 23.3 Å². The van der Waals surface area contributed by atoms with Crippen LogP contribution in [0, 0.1) is 0 Å². The molecule has 0 aromatic heterocycles. The molecule has 24 heteroatoms. The van der Waals surface area contributed by atoms with Crippen molar-refractivity contribution in [3.8, 4) is 11.1 Å². The van der Waals surface area contributed by atoms with Crippen molar-refractivity contribution in [3.05, 3.63) is 136 Å². The minimum atomic E-state index is -5.48. The number of Topliss-reactive ketones (excluding diaryl/α,β-unsaturated/α-hetero) is 1. The maximum atomic E-state index is 13.7. The Labute approximate surface area is 420 Å². The topological polar surface area (TPSA) is 305 Å². The molecule has 0 heterocycles. The van der Waals surface area contributed by atoms with E-state index in [0.717, 1.165) is 41.0 Å². The van der Waals surface area contributed by atoms with Crippen molar-refractivity contribution in [1.82, 2.24) is 0 Å². The number of hydrogen-bond acceptors (Lipinski definition) is 18. The van der Waals surface area contributed by atoms with Crippen molar-refractivity contribution in [2.24, 2.45) is 20.4 Å². The number of allylic oxidation sites excluding steroid dienone is 2. The second-order valence-electron chi connectivity index (χ2n) is 12.6. The van der Waals surface area contributed by atoms with E-state index in [1.54, 1.807) is 42.5 Å². The summed E-state index contributed by atoms with van der Waals surface area (Å²) in [6.45, 7) is 0. The number of fused-ring (bicyclic) bond motifs is 2. The molecule has 0 radical (unpaired) electrons. The molecule has 0 saturated carbocycles. The third-order valence-corrected chi connectivity index (χ3v) is 11.3. The van der Waals surface area contributed by atoms with E-state index in [2.05, 4.69) is 31.3 Å². The summed E-state index contributed by atoms with van der Waals surface area (Å²) in [7, 11) is -15.7. The average molecular weight is 920 g/mol. The number of ketones is 2. The Morgan fingerprint density at radius 3 is 1.69 bits per heavy atom. The van der Waals surface area contributed by atoms with Gasteiger partial charge >= 0.3 is 88.7 Å². The number of nitrogen functional groups attached to an aromatic ring is 1. The van der Waals surface area contributed by atoms with Gasteiger partial charge in [-0.05, 0) is 89.0 Å². The summed E-state index contributed by atoms with van der Waals surface area (Å²) >= 11 is 0. The molecule has 0 atom stereocenters. The second-order valence-corrected chi connectivity index (χ2v) is 16.7. The van der Waals surface area contributed by atoms with Gasteiger partial charge in [-0.15, -0.1) is 5.11 Å². The van der Waals surface area contributed by atoms with Gasteiger partial charge in [0.05, 0.1) is 43.0 Å². The normalized spacial score (nSPS) is 14.9. The van der Waals surface area contributed by atoms with Crippen molar-refractivity contribution in [3.63, 3.8) is 0 Å². The fourth-order valence-electron chi connectivity index (χ4n) is 5.94. The van der Waals surface area contributed by atoms with Crippen LogP contribution in [-0.4, -0.2) is 61.9 Å². The van der Waals surface area contributed by atoms with Gasteiger partial charge in [-0.3, -0.25) is 20.4 Å². The Kier molecular flexibility index (Phi) is 16.5. The molecule has 0 saturated heterocycles. The summed E-state index contributed by atoms with van der Waals surface area (Å²) in [6.07, 6.45) is 3.80. The number of hydrogen-bond donors (Lipinski definition) is 3. The first kappa shape index (κ1) is 50.6. The van der Waals surface area contributed by atoms with Crippen molar-refractivity contribution in [1.29, 1.82) is 0 Å². The van der Waals surface area contributed by atoms with Gasteiger partial charge in [-0.2, -0.15) is 15.3 Å². The molecule has 298 valence electrons. The van der Waals surface area contributed by atoms with Crippen LogP contribution >= 0.6 is 0 Å². The fraction of sp³-hybridized carbons (Fsp3) is 0. The number of azo groups is 1. The van der Waals surface area contributed by atoms with E-state index in [1.807, 2.05) is 24.3 Å². The summed E-state index contributed by atoms with van der Waals surface area (Å²) in [5.74, 6) is -1.52. The quantitative estimate of drug-likeness (QED) is 0.0397. The number of carbonyl (C=O) groups excluding carboxylic acids is 2. The molecule has 5 aromatic carbocycles. The first-order chi connectivity index (χ1) is 27.9. The monoisotopic (exact) mass is 919 g/mol. The van der Waals surface area contributed by atoms with E-state index in [1.165, 1.54) is 18.2 Å². The Morgan fingerprint density at radius 2 is 1.13 bits per heavy atom. The molecule has 0 fully saturated rings. The van der Waals surface area contributed by atoms with Crippen molar-refractivity contribution >= 4 is 93.9 Å². The molecule has 0 amide bonds. The Hall–Kier alpha value is -4.01. The summed E-state index contributed by atoms with van der Waals surface area (Å²) < 4.78 is 107. The van der Waals surface area contributed by atoms with Crippen LogP contribution < -0.4 is 105 Å². The zero-order valence-electron chi connectivity index (χ0n) is 32.6. The summed E-state index contributed by atoms with van der Waals surface area (Å²) in [5, 5.41) is 15.9. The molecule has 2 aliphatic carbocycles. The van der Waals surface area contributed by atoms with E-state index in [0.29, 0.717) is 23.4 Å². The molecule has 0 aliphatic heterocycles.